The van der Waals surface area contributed by atoms with Gasteiger partial charge in [-0.15, -0.1) is 0 Å². The molecule has 29 heavy (non-hydrogen) atoms. The highest BCUT2D eigenvalue weighted by Crippen LogP contribution is 2.23. The first-order valence-electron chi connectivity index (χ1n) is 9.39. The van der Waals surface area contributed by atoms with Crippen molar-refractivity contribution in [1.29, 1.82) is 0 Å². The van der Waals surface area contributed by atoms with Gasteiger partial charge in [0, 0.05) is 23.4 Å². The molecule has 0 aliphatic rings. The number of hydrogen-bond donors (Lipinski definition) is 3. The topological polar surface area (TPSA) is 96.3 Å². The Labute approximate surface area is 169 Å². The minimum atomic E-state index is -0.635. The summed E-state index contributed by atoms with van der Waals surface area (Å²) in [7, 11) is 0. The van der Waals surface area contributed by atoms with Gasteiger partial charge < -0.3 is 20.5 Å². The highest BCUT2D eigenvalue weighted by atomic mass is 16.5. The van der Waals surface area contributed by atoms with Crippen LogP contribution in [0.4, 0.5) is 17.2 Å². The summed E-state index contributed by atoms with van der Waals surface area (Å²) >= 11 is 0. The second-order valence-electron chi connectivity index (χ2n) is 7.02. The third-order valence-electron chi connectivity index (χ3n) is 4.26. The van der Waals surface area contributed by atoms with Crippen LogP contribution in [0.15, 0.2) is 65.2 Å². The van der Waals surface area contributed by atoms with Crippen LogP contribution in [-0.4, -0.2) is 17.0 Å². The minimum Gasteiger partial charge on any atom is -0.370 e. The van der Waals surface area contributed by atoms with Gasteiger partial charge in [0.15, 0.2) is 5.82 Å². The number of aryl methyl sites for hydroxylation is 1. The molecule has 150 valence electrons. The van der Waals surface area contributed by atoms with Crippen molar-refractivity contribution >= 4 is 29.0 Å². The van der Waals surface area contributed by atoms with Gasteiger partial charge in [-0.2, -0.15) is 0 Å². The Morgan fingerprint density at radius 1 is 0.897 bits per heavy atom. The summed E-state index contributed by atoms with van der Waals surface area (Å²) in [6, 6.07) is 17.7. The van der Waals surface area contributed by atoms with E-state index in [1.54, 1.807) is 25.1 Å². The second kappa shape index (κ2) is 9.05. The summed E-state index contributed by atoms with van der Waals surface area (Å²) in [6.07, 6.45) is 0. The van der Waals surface area contributed by atoms with Crippen molar-refractivity contribution in [1.82, 2.24) is 5.16 Å². The van der Waals surface area contributed by atoms with Crippen LogP contribution in [0.1, 0.15) is 31.2 Å². The van der Waals surface area contributed by atoms with Crippen LogP contribution in [0.3, 0.4) is 0 Å². The number of rotatable bonds is 7. The SMILES string of the molecule is Cc1cc(NC(=O)C(Nc2ccc(NC(=O)C(C)C)cc2)c2ccccc2)no1. The molecular formula is C22H24N4O3. The Balaban J connectivity index is 1.76. The molecule has 0 radical (unpaired) electrons. The lowest BCUT2D eigenvalue weighted by Crippen LogP contribution is -2.27. The average Bonchev–Trinajstić information content (AvgIpc) is 3.12. The Morgan fingerprint density at radius 2 is 1.55 bits per heavy atom. The van der Waals surface area contributed by atoms with Crippen molar-refractivity contribution in [2.24, 2.45) is 5.92 Å². The number of carbonyl (C=O) groups excluding carboxylic acids is 2. The van der Waals surface area contributed by atoms with E-state index in [1.807, 2.05) is 56.3 Å². The maximum atomic E-state index is 12.9. The van der Waals surface area contributed by atoms with Gasteiger partial charge in [0.25, 0.3) is 5.91 Å². The van der Waals surface area contributed by atoms with Crippen molar-refractivity contribution in [3.63, 3.8) is 0 Å². The number of hydrogen-bond acceptors (Lipinski definition) is 5. The van der Waals surface area contributed by atoms with E-state index < -0.39 is 6.04 Å². The van der Waals surface area contributed by atoms with Crippen LogP contribution in [0.2, 0.25) is 0 Å². The van der Waals surface area contributed by atoms with Crippen LogP contribution >= 0.6 is 0 Å². The number of aromatic nitrogens is 1. The third-order valence-corrected chi connectivity index (χ3v) is 4.26. The van der Waals surface area contributed by atoms with E-state index in [0.29, 0.717) is 17.3 Å². The van der Waals surface area contributed by atoms with Crippen molar-refractivity contribution < 1.29 is 14.1 Å². The van der Waals surface area contributed by atoms with Gasteiger partial charge in [-0.25, -0.2) is 0 Å². The van der Waals surface area contributed by atoms with Crippen molar-refractivity contribution in [3.8, 4) is 0 Å². The molecule has 0 spiro atoms. The summed E-state index contributed by atoms with van der Waals surface area (Å²) < 4.78 is 5.01. The monoisotopic (exact) mass is 392 g/mol. The van der Waals surface area contributed by atoms with E-state index >= 15 is 0 Å². The lowest BCUT2D eigenvalue weighted by molar-refractivity contribution is -0.119. The summed E-state index contributed by atoms with van der Waals surface area (Å²) in [5.41, 5.74) is 2.25. The van der Waals surface area contributed by atoms with Crippen molar-refractivity contribution in [2.75, 3.05) is 16.0 Å². The molecule has 0 aliphatic heterocycles. The van der Waals surface area contributed by atoms with Gasteiger partial charge in [0.2, 0.25) is 5.91 Å². The molecule has 0 aliphatic carbocycles. The van der Waals surface area contributed by atoms with E-state index in [0.717, 1.165) is 11.3 Å². The molecule has 1 unspecified atom stereocenters. The number of nitrogens with zero attached hydrogens (tertiary/aromatic N) is 1. The molecule has 2 aromatic carbocycles. The fourth-order valence-electron chi connectivity index (χ4n) is 2.67. The van der Waals surface area contributed by atoms with Crippen LogP contribution in [0, 0.1) is 12.8 Å². The van der Waals surface area contributed by atoms with E-state index in [1.165, 1.54) is 0 Å². The first-order valence-corrected chi connectivity index (χ1v) is 9.39. The molecule has 1 aromatic heterocycles. The molecule has 1 atom stereocenters. The summed E-state index contributed by atoms with van der Waals surface area (Å²) in [5, 5.41) is 12.7. The zero-order valence-electron chi connectivity index (χ0n) is 16.6. The molecule has 0 saturated carbocycles. The summed E-state index contributed by atoms with van der Waals surface area (Å²) in [4.78, 5) is 24.7. The number of anilines is 3. The Morgan fingerprint density at radius 3 is 2.14 bits per heavy atom. The van der Waals surface area contributed by atoms with Gasteiger partial charge in [-0.1, -0.05) is 49.3 Å². The predicted octanol–water partition coefficient (Wildman–Crippen LogP) is 4.37. The highest BCUT2D eigenvalue weighted by molar-refractivity contribution is 5.96. The third kappa shape index (κ3) is 5.44. The maximum Gasteiger partial charge on any atom is 0.252 e. The Kier molecular flexibility index (Phi) is 6.29. The zero-order valence-corrected chi connectivity index (χ0v) is 16.6. The smallest absolute Gasteiger partial charge is 0.252 e. The molecule has 7 nitrogen and oxygen atoms in total. The van der Waals surface area contributed by atoms with Gasteiger partial charge in [0.05, 0.1) is 0 Å². The predicted molar refractivity (Wildman–Crippen MR) is 113 cm³/mol. The maximum absolute atomic E-state index is 12.9. The lowest BCUT2D eigenvalue weighted by Gasteiger charge is -2.19. The van der Waals surface area contributed by atoms with Gasteiger partial charge in [0.1, 0.15) is 11.8 Å². The molecular weight excluding hydrogens is 368 g/mol. The van der Waals surface area contributed by atoms with Crippen LogP contribution in [-0.2, 0) is 9.59 Å². The van der Waals surface area contributed by atoms with E-state index in [-0.39, 0.29) is 17.7 Å². The molecule has 1 heterocycles. The molecule has 0 saturated heterocycles. The largest absolute Gasteiger partial charge is 0.370 e. The van der Waals surface area contributed by atoms with Crippen molar-refractivity contribution in [2.45, 2.75) is 26.8 Å². The second-order valence-corrected chi connectivity index (χ2v) is 7.02. The molecule has 3 aromatic rings. The molecule has 3 rings (SSSR count). The first-order chi connectivity index (χ1) is 13.9. The summed E-state index contributed by atoms with van der Waals surface area (Å²) in [5.74, 6) is 0.571. The fraction of sp³-hybridized carbons (Fsp3) is 0.227. The number of amides is 2. The number of benzene rings is 2. The molecule has 0 fully saturated rings. The van der Waals surface area contributed by atoms with E-state index in [9.17, 15) is 9.59 Å². The highest BCUT2D eigenvalue weighted by Gasteiger charge is 2.21. The van der Waals surface area contributed by atoms with Crippen LogP contribution < -0.4 is 16.0 Å². The first kappa shape index (κ1) is 20.1. The quantitative estimate of drug-likeness (QED) is 0.555. The molecule has 0 bridgehead atoms. The van der Waals surface area contributed by atoms with Gasteiger partial charge >= 0.3 is 0 Å². The van der Waals surface area contributed by atoms with Crippen LogP contribution in [0.5, 0.6) is 0 Å². The standard InChI is InChI=1S/C22H24N4O3/c1-14(2)21(27)24-18-11-9-17(10-12-18)23-20(16-7-5-4-6-8-16)22(28)25-19-13-15(3)29-26-19/h4-14,20,23H,1-3H3,(H,24,27)(H,25,26,28). The summed E-state index contributed by atoms with van der Waals surface area (Å²) in [6.45, 7) is 5.44. The fourth-order valence-corrected chi connectivity index (χ4v) is 2.67. The molecule has 7 heteroatoms. The van der Waals surface area contributed by atoms with E-state index in [2.05, 4.69) is 21.1 Å². The Bertz CT molecular complexity index is 965. The Hall–Kier alpha value is -3.61. The number of carbonyl (C=O) groups is 2. The van der Waals surface area contributed by atoms with Crippen molar-refractivity contribution in [3.05, 3.63) is 72.0 Å². The molecule has 2 amide bonds. The lowest BCUT2D eigenvalue weighted by atomic mass is 10.1. The van der Waals surface area contributed by atoms with Gasteiger partial charge in [-0.3, -0.25) is 9.59 Å². The minimum absolute atomic E-state index is 0.0462. The zero-order chi connectivity index (χ0) is 20.8. The van der Waals surface area contributed by atoms with Crippen LogP contribution in [0.25, 0.3) is 0 Å². The average molecular weight is 392 g/mol. The molecule has 3 N–H and O–H groups in total. The number of nitrogens with one attached hydrogen (secondary N) is 3. The van der Waals surface area contributed by atoms with E-state index in [4.69, 9.17) is 4.52 Å². The van der Waals surface area contributed by atoms with Gasteiger partial charge in [-0.05, 0) is 36.8 Å². The normalized spacial score (nSPS) is 11.7.